The zero-order valence-corrected chi connectivity index (χ0v) is 13.2. The van der Waals surface area contributed by atoms with Crippen LogP contribution in [0.4, 0.5) is 11.4 Å². The Morgan fingerprint density at radius 1 is 1.32 bits per heavy atom. The third kappa shape index (κ3) is 4.68. The number of nitrogens with one attached hydrogen (secondary N) is 1. The van der Waals surface area contributed by atoms with Gasteiger partial charge in [-0.05, 0) is 12.1 Å². The number of carbonyl (C=O) groups excluding carboxylic acids is 3. The summed E-state index contributed by atoms with van der Waals surface area (Å²) >= 11 is -2.74. The first-order valence-electron chi connectivity index (χ1n) is 6.69. The van der Waals surface area contributed by atoms with Gasteiger partial charge in [0.25, 0.3) is 11.8 Å². The van der Waals surface area contributed by atoms with Gasteiger partial charge in [-0.1, -0.05) is 0 Å². The number of hydrogen-bond donors (Lipinski definition) is 2. The smallest absolute Gasteiger partial charge is 0.357 e. The van der Waals surface area contributed by atoms with Crippen molar-refractivity contribution in [2.24, 2.45) is 0 Å². The summed E-state index contributed by atoms with van der Waals surface area (Å²) in [6.45, 7) is -0.136. The average Bonchev–Trinajstić information content (AvgIpc) is 2.84. The minimum atomic E-state index is -2.74. The van der Waals surface area contributed by atoms with Crippen LogP contribution in [0.3, 0.4) is 0 Å². The molecule has 1 aromatic carbocycles. The topological polar surface area (TPSA) is 156 Å². The van der Waals surface area contributed by atoms with Crippen LogP contribution in [-0.4, -0.2) is 42.9 Å². The molecule has 1 aliphatic heterocycles. The van der Waals surface area contributed by atoms with Crippen molar-refractivity contribution in [3.63, 3.8) is 0 Å². The number of nitro benzene ring substituents is 1. The van der Waals surface area contributed by atoms with Gasteiger partial charge in [-0.3, -0.25) is 34.0 Å². The van der Waals surface area contributed by atoms with Crippen LogP contribution in [0.1, 0.15) is 6.42 Å². The van der Waals surface area contributed by atoms with Crippen molar-refractivity contribution in [2.45, 2.75) is 6.42 Å². The van der Waals surface area contributed by atoms with Crippen molar-refractivity contribution in [3.05, 3.63) is 40.5 Å². The van der Waals surface area contributed by atoms with E-state index in [0.717, 1.165) is 29.2 Å². The van der Waals surface area contributed by atoms with Crippen molar-refractivity contribution < 1.29 is 32.3 Å². The van der Waals surface area contributed by atoms with Gasteiger partial charge in [-0.2, -0.15) is 4.21 Å². The third-order valence-corrected chi connectivity index (χ3v) is 3.39. The average molecular weight is 369 g/mol. The highest BCUT2D eigenvalue weighted by molar-refractivity contribution is 7.74. The van der Waals surface area contributed by atoms with Crippen LogP contribution in [-0.2, 0) is 25.7 Å². The predicted octanol–water partition coefficient (Wildman–Crippen LogP) is 0.364. The molecule has 0 aromatic heterocycles. The number of carbonyl (C=O) groups is 3. The Kier molecular flexibility index (Phi) is 5.56. The van der Waals surface area contributed by atoms with Crippen LogP contribution >= 0.6 is 0 Å². The van der Waals surface area contributed by atoms with Crippen molar-refractivity contribution in [1.29, 1.82) is 0 Å². The van der Waals surface area contributed by atoms with Crippen molar-refractivity contribution in [3.8, 4) is 5.75 Å². The van der Waals surface area contributed by atoms with Crippen molar-refractivity contribution in [1.82, 2.24) is 4.90 Å². The Morgan fingerprint density at radius 3 is 2.52 bits per heavy atom. The van der Waals surface area contributed by atoms with E-state index < -0.39 is 45.4 Å². The molecule has 132 valence electrons. The van der Waals surface area contributed by atoms with Crippen LogP contribution in [0.25, 0.3) is 0 Å². The molecule has 1 heterocycles. The van der Waals surface area contributed by atoms with E-state index in [1.165, 1.54) is 6.07 Å². The van der Waals surface area contributed by atoms with E-state index in [2.05, 4.69) is 9.50 Å². The van der Waals surface area contributed by atoms with E-state index in [4.69, 9.17) is 4.55 Å². The molecule has 0 saturated carbocycles. The standard InChI is InChI=1S/C13H11N3O8S/c17-11(5-6-15-12(18)3-4-13(15)19)14-8-1-2-10(24-25(22)23)9(7-8)16(20)21/h1-4,7H,5-6H2,(H,14,17)(H,22,23). The number of amides is 3. The van der Waals surface area contributed by atoms with Gasteiger partial charge in [0.2, 0.25) is 11.7 Å². The molecule has 0 aliphatic carbocycles. The van der Waals surface area contributed by atoms with Gasteiger partial charge in [-0.25, -0.2) is 0 Å². The molecule has 25 heavy (non-hydrogen) atoms. The Bertz CT molecular complexity index is 788. The molecule has 1 atom stereocenters. The fraction of sp³-hybridized carbons (Fsp3) is 0.154. The van der Waals surface area contributed by atoms with Gasteiger partial charge in [0.1, 0.15) is 0 Å². The van der Waals surface area contributed by atoms with E-state index in [1.807, 2.05) is 0 Å². The van der Waals surface area contributed by atoms with Crippen molar-refractivity contribution >= 4 is 40.5 Å². The second-order valence-corrected chi connectivity index (χ2v) is 5.30. The number of hydrogen-bond acceptors (Lipinski definition) is 7. The van der Waals surface area contributed by atoms with Crippen LogP contribution in [0.5, 0.6) is 5.75 Å². The second kappa shape index (κ2) is 7.63. The molecule has 2 N–H and O–H groups in total. The molecule has 3 amide bonds. The first kappa shape index (κ1) is 18.2. The molecule has 1 aromatic rings. The summed E-state index contributed by atoms with van der Waals surface area (Å²) in [5.74, 6) is -2.07. The molecule has 0 saturated heterocycles. The zero-order chi connectivity index (χ0) is 18.6. The van der Waals surface area contributed by atoms with Crippen LogP contribution < -0.4 is 9.50 Å². The van der Waals surface area contributed by atoms with E-state index in [9.17, 15) is 28.7 Å². The molecular weight excluding hydrogens is 358 g/mol. The third-order valence-electron chi connectivity index (χ3n) is 3.06. The Morgan fingerprint density at radius 2 is 1.96 bits per heavy atom. The highest BCUT2D eigenvalue weighted by Crippen LogP contribution is 2.30. The van der Waals surface area contributed by atoms with Gasteiger partial charge in [-0.15, -0.1) is 0 Å². The van der Waals surface area contributed by atoms with Crippen LogP contribution in [0, 0.1) is 10.1 Å². The number of rotatable bonds is 7. The van der Waals surface area contributed by atoms with E-state index in [1.54, 1.807) is 0 Å². The maximum absolute atomic E-state index is 11.9. The Balaban J connectivity index is 2.02. The molecule has 1 aliphatic rings. The maximum Gasteiger partial charge on any atom is 0.357 e. The lowest BCUT2D eigenvalue weighted by molar-refractivity contribution is -0.385. The predicted molar refractivity (Wildman–Crippen MR) is 83.6 cm³/mol. The summed E-state index contributed by atoms with van der Waals surface area (Å²) in [4.78, 5) is 45.6. The normalized spacial score (nSPS) is 14.5. The first-order chi connectivity index (χ1) is 11.8. The summed E-state index contributed by atoms with van der Waals surface area (Å²) < 4.78 is 23.6. The number of nitro groups is 1. The van der Waals surface area contributed by atoms with Gasteiger partial charge in [0, 0.05) is 36.9 Å². The Labute approximate surface area is 142 Å². The van der Waals surface area contributed by atoms with E-state index in [-0.39, 0.29) is 18.7 Å². The summed E-state index contributed by atoms with van der Waals surface area (Å²) in [5.41, 5.74) is -0.570. The highest BCUT2D eigenvalue weighted by Gasteiger charge is 2.24. The lowest BCUT2D eigenvalue weighted by atomic mass is 10.2. The molecule has 0 radical (unpaired) electrons. The second-order valence-electron chi connectivity index (χ2n) is 4.70. The molecule has 12 heteroatoms. The Hall–Kier alpha value is -3.12. The molecule has 11 nitrogen and oxygen atoms in total. The van der Waals surface area contributed by atoms with Crippen LogP contribution in [0.15, 0.2) is 30.4 Å². The summed E-state index contributed by atoms with van der Waals surface area (Å²) in [6, 6.07) is 3.24. The van der Waals surface area contributed by atoms with E-state index in [0.29, 0.717) is 0 Å². The zero-order valence-electron chi connectivity index (χ0n) is 12.4. The van der Waals surface area contributed by atoms with E-state index >= 15 is 0 Å². The number of nitrogens with zero attached hydrogens (tertiary/aromatic N) is 2. The van der Waals surface area contributed by atoms with Gasteiger partial charge >= 0.3 is 17.0 Å². The molecule has 0 bridgehead atoms. The number of imide groups is 1. The van der Waals surface area contributed by atoms with Gasteiger partial charge < -0.3 is 9.50 Å². The summed E-state index contributed by atoms with van der Waals surface area (Å²) in [5, 5.41) is 13.3. The fourth-order valence-electron chi connectivity index (χ4n) is 1.97. The minimum Gasteiger partial charge on any atom is -0.373 e. The highest BCUT2D eigenvalue weighted by atomic mass is 32.2. The first-order valence-corrected chi connectivity index (χ1v) is 7.72. The molecule has 2 rings (SSSR count). The van der Waals surface area contributed by atoms with Gasteiger partial charge in [0.15, 0.2) is 0 Å². The molecule has 0 spiro atoms. The maximum atomic E-state index is 11.9. The fourth-order valence-corrected chi connectivity index (χ4v) is 2.27. The quantitative estimate of drug-likeness (QED) is 0.302. The summed E-state index contributed by atoms with van der Waals surface area (Å²) in [7, 11) is 0. The summed E-state index contributed by atoms with van der Waals surface area (Å²) in [6.07, 6.45) is 1.98. The number of benzene rings is 1. The molecular formula is C13H11N3O8S. The van der Waals surface area contributed by atoms with Crippen LogP contribution in [0.2, 0.25) is 0 Å². The largest absolute Gasteiger partial charge is 0.373 e. The lowest BCUT2D eigenvalue weighted by Gasteiger charge is -2.13. The minimum absolute atomic E-state index is 0.0463. The molecule has 0 fully saturated rings. The van der Waals surface area contributed by atoms with Gasteiger partial charge in [0.05, 0.1) is 4.92 Å². The van der Waals surface area contributed by atoms with Crippen molar-refractivity contribution in [2.75, 3.05) is 11.9 Å². The SMILES string of the molecule is O=C(CCN1C(=O)C=CC1=O)Nc1ccc(OS(=O)O)c([N+](=O)[O-])c1. The monoisotopic (exact) mass is 369 g/mol. The lowest BCUT2D eigenvalue weighted by Crippen LogP contribution is -2.33. The number of anilines is 1. The molecule has 1 unspecified atom stereocenters.